The van der Waals surface area contributed by atoms with Gasteiger partial charge in [-0.25, -0.2) is 0 Å². The number of nitro groups is 1. The Hall–Kier alpha value is -1.95. The number of nitrogens with one attached hydrogen (secondary N) is 1. The first-order valence-electron chi connectivity index (χ1n) is 6.49. The Kier molecular flexibility index (Phi) is 4.57. The van der Waals surface area contributed by atoms with Crippen molar-refractivity contribution in [2.75, 3.05) is 5.32 Å². The van der Waals surface area contributed by atoms with Crippen LogP contribution in [0.25, 0.3) is 0 Å². The molecule has 1 aromatic heterocycles. The number of hydrogen-bond donors (Lipinski definition) is 1. The molecule has 1 N–H and O–H groups in total. The molecule has 0 radical (unpaired) electrons. The summed E-state index contributed by atoms with van der Waals surface area (Å²) in [7, 11) is 0. The first-order chi connectivity index (χ1) is 9.90. The van der Waals surface area contributed by atoms with E-state index in [0.717, 1.165) is 15.7 Å². The Morgan fingerprint density at radius 1 is 1.33 bits per heavy atom. The molecule has 1 heterocycles. The zero-order valence-corrected chi connectivity index (χ0v) is 13.7. The van der Waals surface area contributed by atoms with Gasteiger partial charge < -0.3 is 5.32 Å². The van der Waals surface area contributed by atoms with Crippen LogP contribution in [0.5, 0.6) is 0 Å². The second kappa shape index (κ2) is 6.22. The molecule has 21 heavy (non-hydrogen) atoms. The lowest BCUT2D eigenvalue weighted by Crippen LogP contribution is -2.07. The highest BCUT2D eigenvalue weighted by Crippen LogP contribution is 2.27. The van der Waals surface area contributed by atoms with Crippen LogP contribution in [0.3, 0.4) is 0 Å². The lowest BCUT2D eigenvalue weighted by molar-refractivity contribution is -0.386. The highest BCUT2D eigenvalue weighted by Gasteiger charge is 2.18. The van der Waals surface area contributed by atoms with Gasteiger partial charge in [0.25, 0.3) is 5.69 Å². The molecule has 0 aliphatic rings. The Morgan fingerprint density at radius 2 is 2.05 bits per heavy atom. The Bertz CT molecular complexity index is 702. The molecule has 0 unspecified atom stereocenters. The average Bonchev–Trinajstić information content (AvgIpc) is 2.39. The van der Waals surface area contributed by atoms with Crippen molar-refractivity contribution in [2.45, 2.75) is 27.3 Å². The number of pyridine rings is 1. The predicted octanol–water partition coefficient (Wildman–Crippen LogP) is 4.29. The van der Waals surface area contributed by atoms with Crippen molar-refractivity contribution in [3.8, 4) is 0 Å². The van der Waals surface area contributed by atoms with Crippen molar-refractivity contribution >= 4 is 27.3 Å². The van der Waals surface area contributed by atoms with Gasteiger partial charge in [-0.2, -0.15) is 0 Å². The second-order valence-electron chi connectivity index (χ2n) is 4.96. The van der Waals surface area contributed by atoms with Gasteiger partial charge in [-0.05, 0) is 54.4 Å². The zero-order valence-electron chi connectivity index (χ0n) is 12.1. The summed E-state index contributed by atoms with van der Waals surface area (Å²) in [6.45, 7) is 5.89. The van der Waals surface area contributed by atoms with Gasteiger partial charge >= 0.3 is 0 Å². The van der Waals surface area contributed by atoms with Crippen LogP contribution in [-0.4, -0.2) is 9.91 Å². The van der Waals surface area contributed by atoms with Gasteiger partial charge in [-0.1, -0.05) is 6.07 Å². The molecule has 0 saturated carbocycles. The molecule has 5 nitrogen and oxygen atoms in total. The summed E-state index contributed by atoms with van der Waals surface area (Å²) >= 11 is 3.50. The Morgan fingerprint density at radius 3 is 2.67 bits per heavy atom. The molecule has 110 valence electrons. The molecule has 6 heteroatoms. The molecule has 0 aliphatic heterocycles. The molecule has 2 rings (SSSR count). The molecule has 0 atom stereocenters. The molecule has 0 aliphatic carbocycles. The number of nitrogens with zero attached hydrogens (tertiary/aromatic N) is 2. The Labute approximate surface area is 131 Å². The minimum atomic E-state index is -0.350. The highest BCUT2D eigenvalue weighted by molar-refractivity contribution is 9.10. The van der Waals surface area contributed by atoms with Gasteiger partial charge in [-0.15, -0.1) is 0 Å². The molecular formula is C15H16BrN3O2. The molecular weight excluding hydrogens is 334 g/mol. The summed E-state index contributed by atoms with van der Waals surface area (Å²) < 4.78 is 0.960. The van der Waals surface area contributed by atoms with Gasteiger partial charge in [0.2, 0.25) is 0 Å². The fourth-order valence-electron chi connectivity index (χ4n) is 2.17. The zero-order chi connectivity index (χ0) is 15.6. The first kappa shape index (κ1) is 15.4. The van der Waals surface area contributed by atoms with E-state index < -0.39 is 0 Å². The van der Waals surface area contributed by atoms with Crippen molar-refractivity contribution in [3.05, 3.63) is 61.4 Å². The second-order valence-corrected chi connectivity index (χ2v) is 5.81. The number of aryl methyl sites for hydroxylation is 2. The van der Waals surface area contributed by atoms with Gasteiger partial charge in [0.05, 0.1) is 22.7 Å². The van der Waals surface area contributed by atoms with Crippen molar-refractivity contribution < 1.29 is 4.92 Å². The number of hydrogen-bond acceptors (Lipinski definition) is 4. The van der Waals surface area contributed by atoms with E-state index in [1.807, 2.05) is 25.1 Å². The number of aromatic nitrogens is 1. The standard InChI is InChI=1S/C15H16BrN3O2/c1-9-4-5-13(12(16)6-9)18-8-14-11(3)15(19(20)21)10(2)7-17-14/h4-7,18H,8H2,1-3H3. The summed E-state index contributed by atoms with van der Waals surface area (Å²) in [5, 5.41) is 14.4. The minimum Gasteiger partial charge on any atom is -0.378 e. The van der Waals surface area contributed by atoms with Crippen LogP contribution < -0.4 is 5.32 Å². The van der Waals surface area contributed by atoms with Gasteiger partial charge in [-0.3, -0.25) is 15.1 Å². The number of rotatable bonds is 4. The average molecular weight is 350 g/mol. The van der Waals surface area contributed by atoms with E-state index in [2.05, 4.69) is 26.2 Å². The summed E-state index contributed by atoms with van der Waals surface area (Å²) in [5.74, 6) is 0. The third-order valence-electron chi connectivity index (χ3n) is 3.33. The maximum Gasteiger partial charge on any atom is 0.278 e. The van der Waals surface area contributed by atoms with E-state index in [1.165, 1.54) is 0 Å². The van der Waals surface area contributed by atoms with Crippen LogP contribution in [0.1, 0.15) is 22.4 Å². The third-order valence-corrected chi connectivity index (χ3v) is 3.99. The van der Waals surface area contributed by atoms with E-state index in [-0.39, 0.29) is 10.6 Å². The minimum absolute atomic E-state index is 0.143. The third kappa shape index (κ3) is 3.39. The van der Waals surface area contributed by atoms with Gasteiger partial charge in [0.1, 0.15) is 0 Å². The van der Waals surface area contributed by atoms with E-state index in [0.29, 0.717) is 23.4 Å². The molecule has 0 amide bonds. The van der Waals surface area contributed by atoms with Crippen LogP contribution in [-0.2, 0) is 6.54 Å². The lowest BCUT2D eigenvalue weighted by Gasteiger charge is -2.11. The Balaban J connectivity index is 2.24. The van der Waals surface area contributed by atoms with Crippen LogP contribution in [0, 0.1) is 30.9 Å². The largest absolute Gasteiger partial charge is 0.378 e. The van der Waals surface area contributed by atoms with Crippen molar-refractivity contribution in [1.29, 1.82) is 0 Å². The smallest absolute Gasteiger partial charge is 0.278 e. The topological polar surface area (TPSA) is 68.1 Å². The van der Waals surface area contributed by atoms with Crippen LogP contribution in [0.4, 0.5) is 11.4 Å². The van der Waals surface area contributed by atoms with E-state index in [1.54, 1.807) is 20.0 Å². The van der Waals surface area contributed by atoms with Crippen LogP contribution in [0.2, 0.25) is 0 Å². The lowest BCUT2D eigenvalue weighted by atomic mass is 10.1. The van der Waals surface area contributed by atoms with Crippen LogP contribution in [0.15, 0.2) is 28.9 Å². The summed E-state index contributed by atoms with van der Waals surface area (Å²) in [4.78, 5) is 15.1. The molecule has 0 bridgehead atoms. The van der Waals surface area contributed by atoms with Gasteiger partial charge in [0, 0.05) is 21.9 Å². The fourth-order valence-corrected chi connectivity index (χ4v) is 2.80. The SMILES string of the molecule is Cc1ccc(NCc2ncc(C)c([N+](=O)[O-])c2C)c(Br)c1. The van der Waals surface area contributed by atoms with E-state index in [4.69, 9.17) is 0 Å². The quantitative estimate of drug-likeness (QED) is 0.660. The van der Waals surface area contributed by atoms with E-state index in [9.17, 15) is 10.1 Å². The molecule has 2 aromatic rings. The fraction of sp³-hybridized carbons (Fsp3) is 0.267. The first-order valence-corrected chi connectivity index (χ1v) is 7.29. The number of benzene rings is 1. The molecule has 0 fully saturated rings. The normalized spacial score (nSPS) is 10.5. The number of halogens is 1. The van der Waals surface area contributed by atoms with Crippen LogP contribution >= 0.6 is 15.9 Å². The molecule has 1 aromatic carbocycles. The summed E-state index contributed by atoms with van der Waals surface area (Å²) in [5.41, 5.74) is 4.11. The van der Waals surface area contributed by atoms with E-state index >= 15 is 0 Å². The maximum atomic E-state index is 11.1. The molecule has 0 spiro atoms. The highest BCUT2D eigenvalue weighted by atomic mass is 79.9. The van der Waals surface area contributed by atoms with Crippen molar-refractivity contribution in [3.63, 3.8) is 0 Å². The van der Waals surface area contributed by atoms with Gasteiger partial charge in [0.15, 0.2) is 0 Å². The predicted molar refractivity (Wildman–Crippen MR) is 86.6 cm³/mol. The molecule has 0 saturated heterocycles. The van der Waals surface area contributed by atoms with Crippen molar-refractivity contribution in [1.82, 2.24) is 4.98 Å². The van der Waals surface area contributed by atoms with Crippen molar-refractivity contribution in [2.24, 2.45) is 0 Å². The summed E-state index contributed by atoms with van der Waals surface area (Å²) in [6, 6.07) is 5.99. The monoisotopic (exact) mass is 349 g/mol. The summed E-state index contributed by atoms with van der Waals surface area (Å²) in [6.07, 6.45) is 1.55. The number of anilines is 1. The maximum absolute atomic E-state index is 11.1.